The standard InChI is InChI=1S/C18H30N4O3S/c1-3-26(23,24)21-13-7-12-20-18(19-2)22-14-10-17(11-15-22)25-16-8-5-4-6-9-16/h4-6,8-9,17,21H,3,7,10-15H2,1-2H3,(H,19,20). The highest BCUT2D eigenvalue weighted by molar-refractivity contribution is 7.89. The fraction of sp³-hybridized carbons (Fsp3) is 0.611. The second-order valence-corrected chi connectivity index (χ2v) is 8.34. The van der Waals surface area contributed by atoms with Crippen molar-refractivity contribution in [2.45, 2.75) is 32.3 Å². The first-order chi connectivity index (χ1) is 12.5. The Hall–Kier alpha value is -1.80. The molecule has 1 fully saturated rings. The van der Waals surface area contributed by atoms with Gasteiger partial charge in [0.25, 0.3) is 0 Å². The number of rotatable bonds is 8. The van der Waals surface area contributed by atoms with Crippen molar-refractivity contribution in [3.63, 3.8) is 0 Å². The Morgan fingerprint density at radius 1 is 1.23 bits per heavy atom. The van der Waals surface area contributed by atoms with Gasteiger partial charge in [-0.3, -0.25) is 4.99 Å². The van der Waals surface area contributed by atoms with Gasteiger partial charge in [-0.2, -0.15) is 0 Å². The van der Waals surface area contributed by atoms with Crippen LogP contribution in [0.15, 0.2) is 35.3 Å². The van der Waals surface area contributed by atoms with Crippen LogP contribution in [0.4, 0.5) is 0 Å². The van der Waals surface area contributed by atoms with Gasteiger partial charge in [-0.25, -0.2) is 13.1 Å². The van der Waals surface area contributed by atoms with Crippen LogP contribution in [0.25, 0.3) is 0 Å². The monoisotopic (exact) mass is 382 g/mol. The third-order valence-electron chi connectivity index (χ3n) is 4.34. The highest BCUT2D eigenvalue weighted by atomic mass is 32.2. The van der Waals surface area contributed by atoms with Gasteiger partial charge < -0.3 is 15.0 Å². The van der Waals surface area contributed by atoms with Gasteiger partial charge in [0.2, 0.25) is 10.0 Å². The molecule has 2 rings (SSSR count). The molecule has 7 nitrogen and oxygen atoms in total. The van der Waals surface area contributed by atoms with E-state index in [1.165, 1.54) is 0 Å². The molecule has 0 aliphatic carbocycles. The van der Waals surface area contributed by atoms with Gasteiger partial charge in [0.15, 0.2) is 5.96 Å². The summed E-state index contributed by atoms with van der Waals surface area (Å²) in [4.78, 5) is 6.56. The summed E-state index contributed by atoms with van der Waals surface area (Å²) in [5.41, 5.74) is 0. The minimum atomic E-state index is -3.11. The zero-order valence-electron chi connectivity index (χ0n) is 15.6. The maximum Gasteiger partial charge on any atom is 0.211 e. The van der Waals surface area contributed by atoms with E-state index in [1.807, 2.05) is 30.3 Å². The molecule has 0 aromatic heterocycles. The van der Waals surface area contributed by atoms with E-state index in [0.717, 1.165) is 37.6 Å². The van der Waals surface area contributed by atoms with E-state index in [4.69, 9.17) is 4.74 Å². The van der Waals surface area contributed by atoms with Gasteiger partial charge in [0.1, 0.15) is 11.9 Å². The lowest BCUT2D eigenvalue weighted by molar-refractivity contribution is 0.129. The highest BCUT2D eigenvalue weighted by Crippen LogP contribution is 2.18. The molecule has 146 valence electrons. The lowest BCUT2D eigenvalue weighted by Gasteiger charge is -2.34. The first-order valence-electron chi connectivity index (χ1n) is 9.18. The number of benzene rings is 1. The number of nitrogens with one attached hydrogen (secondary N) is 2. The summed E-state index contributed by atoms with van der Waals surface area (Å²) >= 11 is 0. The van der Waals surface area contributed by atoms with E-state index < -0.39 is 10.0 Å². The van der Waals surface area contributed by atoms with Gasteiger partial charge in [-0.1, -0.05) is 18.2 Å². The molecule has 1 aliphatic heterocycles. The Labute approximate surface area is 156 Å². The van der Waals surface area contributed by atoms with Gasteiger partial charge >= 0.3 is 0 Å². The highest BCUT2D eigenvalue weighted by Gasteiger charge is 2.22. The van der Waals surface area contributed by atoms with Gasteiger partial charge in [-0.05, 0) is 25.5 Å². The average molecular weight is 383 g/mol. The number of piperidine rings is 1. The van der Waals surface area contributed by atoms with E-state index in [2.05, 4.69) is 19.9 Å². The number of ether oxygens (including phenoxy) is 1. The summed E-state index contributed by atoms with van der Waals surface area (Å²) < 4.78 is 31.4. The molecule has 0 saturated carbocycles. The van der Waals surface area contributed by atoms with Crippen LogP contribution in [0.3, 0.4) is 0 Å². The number of sulfonamides is 1. The lowest BCUT2D eigenvalue weighted by atomic mass is 10.1. The molecule has 1 saturated heterocycles. The van der Waals surface area contributed by atoms with Crippen LogP contribution in [0, 0.1) is 0 Å². The number of para-hydroxylation sites is 1. The van der Waals surface area contributed by atoms with Crippen LogP contribution in [-0.2, 0) is 10.0 Å². The molecule has 0 unspecified atom stereocenters. The normalized spacial score (nSPS) is 16.5. The first kappa shape index (κ1) is 20.5. The molecule has 26 heavy (non-hydrogen) atoms. The maximum absolute atomic E-state index is 11.4. The number of nitrogens with zero attached hydrogens (tertiary/aromatic N) is 2. The van der Waals surface area contributed by atoms with E-state index in [0.29, 0.717) is 19.5 Å². The Balaban J connectivity index is 1.68. The maximum atomic E-state index is 11.4. The fourth-order valence-electron chi connectivity index (χ4n) is 2.83. The lowest BCUT2D eigenvalue weighted by Crippen LogP contribution is -2.47. The smallest absolute Gasteiger partial charge is 0.211 e. The summed E-state index contributed by atoms with van der Waals surface area (Å²) in [6.07, 6.45) is 2.85. The zero-order chi connectivity index (χ0) is 18.8. The van der Waals surface area contributed by atoms with Crippen molar-refractivity contribution in [2.75, 3.05) is 39.0 Å². The largest absolute Gasteiger partial charge is 0.490 e. The molecule has 0 atom stereocenters. The number of hydrogen-bond donors (Lipinski definition) is 2. The van der Waals surface area contributed by atoms with Crippen molar-refractivity contribution in [1.82, 2.24) is 14.9 Å². The van der Waals surface area contributed by atoms with E-state index in [-0.39, 0.29) is 11.9 Å². The van der Waals surface area contributed by atoms with E-state index in [1.54, 1.807) is 14.0 Å². The van der Waals surface area contributed by atoms with Crippen LogP contribution in [0.5, 0.6) is 5.75 Å². The third-order valence-corrected chi connectivity index (χ3v) is 5.74. The van der Waals surface area contributed by atoms with Crippen molar-refractivity contribution in [1.29, 1.82) is 0 Å². The second-order valence-electron chi connectivity index (χ2n) is 6.24. The van der Waals surface area contributed by atoms with Crippen molar-refractivity contribution in [2.24, 2.45) is 4.99 Å². The molecular weight excluding hydrogens is 352 g/mol. The molecule has 8 heteroatoms. The molecule has 1 aromatic carbocycles. The summed E-state index contributed by atoms with van der Waals surface area (Å²) in [6, 6.07) is 9.92. The first-order valence-corrected chi connectivity index (χ1v) is 10.8. The fourth-order valence-corrected chi connectivity index (χ4v) is 3.49. The molecule has 0 radical (unpaired) electrons. The van der Waals surface area contributed by atoms with Crippen molar-refractivity contribution in [3.05, 3.63) is 30.3 Å². The summed E-state index contributed by atoms with van der Waals surface area (Å²) in [7, 11) is -1.34. The molecule has 1 heterocycles. The van der Waals surface area contributed by atoms with Crippen LogP contribution in [-0.4, -0.2) is 64.4 Å². The van der Waals surface area contributed by atoms with Crippen molar-refractivity contribution in [3.8, 4) is 5.75 Å². The third kappa shape index (κ3) is 6.84. The predicted molar refractivity (Wildman–Crippen MR) is 105 cm³/mol. The summed E-state index contributed by atoms with van der Waals surface area (Å²) in [5, 5.41) is 3.31. The average Bonchev–Trinajstić information content (AvgIpc) is 2.66. The van der Waals surface area contributed by atoms with Crippen LogP contribution in [0.2, 0.25) is 0 Å². The zero-order valence-corrected chi connectivity index (χ0v) is 16.5. The number of guanidine groups is 1. The SMILES string of the molecule is CCS(=O)(=O)NCCCNC(=NC)N1CCC(Oc2ccccc2)CC1. The second kappa shape index (κ2) is 10.4. The summed E-state index contributed by atoms with van der Waals surface area (Å²) in [5.74, 6) is 1.90. The molecule has 2 N–H and O–H groups in total. The molecule has 1 aliphatic rings. The molecular formula is C18H30N4O3S. The van der Waals surface area contributed by atoms with Gasteiger partial charge in [0, 0.05) is 46.1 Å². The Bertz CT molecular complexity index is 656. The van der Waals surface area contributed by atoms with Gasteiger partial charge in [0.05, 0.1) is 5.75 Å². The quantitative estimate of drug-likeness (QED) is 0.404. The molecule has 0 amide bonds. The number of likely N-dealkylation sites (tertiary alicyclic amines) is 1. The van der Waals surface area contributed by atoms with Crippen molar-refractivity contribution >= 4 is 16.0 Å². The van der Waals surface area contributed by atoms with Gasteiger partial charge in [-0.15, -0.1) is 0 Å². The summed E-state index contributed by atoms with van der Waals surface area (Å²) in [6.45, 7) is 4.53. The number of aliphatic imine (C=N–C) groups is 1. The van der Waals surface area contributed by atoms with Crippen LogP contribution >= 0.6 is 0 Å². The van der Waals surface area contributed by atoms with Crippen LogP contribution < -0.4 is 14.8 Å². The Kier molecular flexibility index (Phi) is 8.18. The van der Waals surface area contributed by atoms with E-state index in [9.17, 15) is 8.42 Å². The number of hydrogen-bond acceptors (Lipinski definition) is 4. The van der Waals surface area contributed by atoms with E-state index >= 15 is 0 Å². The molecule has 1 aromatic rings. The molecule has 0 bridgehead atoms. The van der Waals surface area contributed by atoms with Crippen molar-refractivity contribution < 1.29 is 13.2 Å². The Morgan fingerprint density at radius 2 is 1.92 bits per heavy atom. The topological polar surface area (TPSA) is 83.0 Å². The predicted octanol–water partition coefficient (Wildman–Crippen LogP) is 1.43. The minimum absolute atomic E-state index is 0.113. The Morgan fingerprint density at radius 3 is 2.54 bits per heavy atom. The minimum Gasteiger partial charge on any atom is -0.490 e. The molecule has 0 spiro atoms. The van der Waals surface area contributed by atoms with Crippen LogP contribution in [0.1, 0.15) is 26.2 Å².